The first-order valence-corrected chi connectivity index (χ1v) is 6.17. The second kappa shape index (κ2) is 4.46. The van der Waals surface area contributed by atoms with Gasteiger partial charge in [-0.3, -0.25) is 0 Å². The van der Waals surface area contributed by atoms with Gasteiger partial charge in [0.25, 0.3) is 0 Å². The average Bonchev–Trinajstić information content (AvgIpc) is 3.08. The topological polar surface area (TPSA) is 32.3 Å². The van der Waals surface area contributed by atoms with Gasteiger partial charge in [-0.25, -0.2) is 0 Å². The van der Waals surface area contributed by atoms with Gasteiger partial charge in [0, 0.05) is 12.6 Å². The Morgan fingerprint density at radius 2 is 1.94 bits per heavy atom. The van der Waals surface area contributed by atoms with Gasteiger partial charge in [-0.15, -0.1) is 0 Å². The van der Waals surface area contributed by atoms with Crippen molar-refractivity contribution in [3.63, 3.8) is 0 Å². The van der Waals surface area contributed by atoms with E-state index in [1.54, 1.807) is 12.1 Å². The zero-order valence-electron chi connectivity index (χ0n) is 10.2. The second-order valence-corrected chi connectivity index (χ2v) is 5.05. The zero-order chi connectivity index (χ0) is 11.6. The smallest absolute Gasteiger partial charge is 0.115 e. The standard InChI is InChI=1S/C14H21NO/c1-3-14(8-9-14)10-15-11(2)12-4-6-13(16)7-5-12/h4-7,11,15-16H,3,8-10H2,1-2H3. The monoisotopic (exact) mass is 219 g/mol. The van der Waals surface area contributed by atoms with Crippen molar-refractivity contribution in [1.29, 1.82) is 0 Å². The summed E-state index contributed by atoms with van der Waals surface area (Å²) in [5.74, 6) is 0.336. The Labute approximate surface area is 97.7 Å². The lowest BCUT2D eigenvalue weighted by molar-refractivity contribution is 0.414. The van der Waals surface area contributed by atoms with Crippen LogP contribution in [0.1, 0.15) is 44.7 Å². The Kier molecular flexibility index (Phi) is 3.20. The summed E-state index contributed by atoms with van der Waals surface area (Å²) in [5, 5.41) is 12.8. The summed E-state index contributed by atoms with van der Waals surface area (Å²) in [6.45, 7) is 5.57. The Balaban J connectivity index is 1.88. The van der Waals surface area contributed by atoms with Crippen LogP contribution in [0.25, 0.3) is 0 Å². The minimum atomic E-state index is 0.336. The first-order valence-electron chi connectivity index (χ1n) is 6.17. The van der Waals surface area contributed by atoms with E-state index in [1.807, 2.05) is 12.1 Å². The normalized spacial score (nSPS) is 19.4. The molecule has 0 spiro atoms. The van der Waals surface area contributed by atoms with Gasteiger partial charge in [0.2, 0.25) is 0 Å². The average molecular weight is 219 g/mol. The molecule has 0 amide bonds. The van der Waals surface area contributed by atoms with Crippen LogP contribution in [0, 0.1) is 5.41 Å². The first kappa shape index (κ1) is 11.5. The van der Waals surface area contributed by atoms with Gasteiger partial charge in [-0.05, 0) is 49.3 Å². The summed E-state index contributed by atoms with van der Waals surface area (Å²) in [6.07, 6.45) is 4.03. The quantitative estimate of drug-likeness (QED) is 0.797. The van der Waals surface area contributed by atoms with Gasteiger partial charge in [0.1, 0.15) is 5.75 Å². The van der Waals surface area contributed by atoms with E-state index in [2.05, 4.69) is 19.2 Å². The van der Waals surface area contributed by atoms with Gasteiger partial charge in [-0.2, -0.15) is 0 Å². The minimum absolute atomic E-state index is 0.336. The van der Waals surface area contributed by atoms with E-state index in [1.165, 1.54) is 24.8 Å². The molecule has 0 aliphatic heterocycles. The molecule has 1 aromatic carbocycles. The number of phenolic OH excluding ortho intramolecular Hbond substituents is 1. The molecule has 2 rings (SSSR count). The molecule has 0 aromatic heterocycles. The molecule has 88 valence electrons. The largest absolute Gasteiger partial charge is 0.508 e. The molecule has 0 heterocycles. The second-order valence-electron chi connectivity index (χ2n) is 5.05. The highest BCUT2D eigenvalue weighted by Crippen LogP contribution is 2.48. The number of aromatic hydroxyl groups is 1. The third-order valence-electron chi connectivity index (χ3n) is 3.88. The molecule has 0 saturated heterocycles. The van der Waals surface area contributed by atoms with E-state index in [0.717, 1.165) is 6.54 Å². The fraction of sp³-hybridized carbons (Fsp3) is 0.571. The van der Waals surface area contributed by atoms with Crippen LogP contribution in [0.4, 0.5) is 0 Å². The lowest BCUT2D eigenvalue weighted by Gasteiger charge is -2.19. The van der Waals surface area contributed by atoms with Crippen LogP contribution < -0.4 is 5.32 Å². The van der Waals surface area contributed by atoms with Crippen molar-refractivity contribution in [3.05, 3.63) is 29.8 Å². The fourth-order valence-corrected chi connectivity index (χ4v) is 2.08. The Morgan fingerprint density at radius 1 is 1.31 bits per heavy atom. The molecule has 0 bridgehead atoms. The number of hydrogen-bond donors (Lipinski definition) is 2. The van der Waals surface area contributed by atoms with Crippen LogP contribution in [0.3, 0.4) is 0 Å². The van der Waals surface area contributed by atoms with E-state index in [4.69, 9.17) is 0 Å². The summed E-state index contributed by atoms with van der Waals surface area (Å²) >= 11 is 0. The molecule has 1 atom stereocenters. The van der Waals surface area contributed by atoms with E-state index >= 15 is 0 Å². The molecule has 16 heavy (non-hydrogen) atoms. The van der Waals surface area contributed by atoms with Gasteiger partial charge < -0.3 is 10.4 Å². The third-order valence-corrected chi connectivity index (χ3v) is 3.88. The van der Waals surface area contributed by atoms with E-state index in [-0.39, 0.29) is 0 Å². The minimum Gasteiger partial charge on any atom is -0.508 e. The molecular formula is C14H21NO. The maximum atomic E-state index is 9.23. The lowest BCUT2D eigenvalue weighted by Crippen LogP contribution is -2.26. The highest BCUT2D eigenvalue weighted by Gasteiger charge is 2.40. The molecule has 1 aliphatic carbocycles. The number of nitrogens with one attached hydrogen (secondary N) is 1. The summed E-state index contributed by atoms with van der Waals surface area (Å²) in [6, 6.07) is 7.84. The van der Waals surface area contributed by atoms with E-state index in [9.17, 15) is 5.11 Å². The number of hydrogen-bond acceptors (Lipinski definition) is 2. The maximum absolute atomic E-state index is 9.23. The lowest BCUT2D eigenvalue weighted by atomic mass is 10.0. The van der Waals surface area contributed by atoms with Gasteiger partial charge in [0.05, 0.1) is 0 Å². The Hall–Kier alpha value is -1.02. The molecular weight excluding hydrogens is 198 g/mol. The van der Waals surface area contributed by atoms with Crippen molar-refractivity contribution in [2.45, 2.75) is 39.2 Å². The third kappa shape index (κ3) is 2.56. The number of phenols is 1. The van der Waals surface area contributed by atoms with E-state index in [0.29, 0.717) is 17.2 Å². The van der Waals surface area contributed by atoms with Gasteiger partial charge >= 0.3 is 0 Å². The predicted molar refractivity (Wildman–Crippen MR) is 66.5 cm³/mol. The number of rotatable bonds is 5. The SMILES string of the molecule is CCC1(CNC(C)c2ccc(O)cc2)CC1. The molecule has 1 saturated carbocycles. The van der Waals surface area contributed by atoms with Crippen LogP contribution in [0.2, 0.25) is 0 Å². The van der Waals surface area contributed by atoms with Crippen molar-refractivity contribution in [3.8, 4) is 5.75 Å². The van der Waals surface area contributed by atoms with Crippen LogP contribution in [0.15, 0.2) is 24.3 Å². The first-order chi connectivity index (χ1) is 7.65. The summed E-state index contributed by atoms with van der Waals surface area (Å²) in [4.78, 5) is 0. The summed E-state index contributed by atoms with van der Waals surface area (Å²) in [7, 11) is 0. The zero-order valence-corrected chi connectivity index (χ0v) is 10.2. The van der Waals surface area contributed by atoms with Gasteiger partial charge in [-0.1, -0.05) is 19.1 Å². The predicted octanol–water partition coefficient (Wildman–Crippen LogP) is 3.23. The number of benzene rings is 1. The van der Waals surface area contributed by atoms with E-state index < -0.39 is 0 Å². The van der Waals surface area contributed by atoms with Crippen LogP contribution in [-0.4, -0.2) is 11.7 Å². The molecule has 0 radical (unpaired) electrons. The highest BCUT2D eigenvalue weighted by molar-refractivity contribution is 5.27. The molecule has 1 unspecified atom stereocenters. The van der Waals surface area contributed by atoms with Crippen LogP contribution in [-0.2, 0) is 0 Å². The maximum Gasteiger partial charge on any atom is 0.115 e. The molecule has 2 heteroatoms. The van der Waals surface area contributed by atoms with Gasteiger partial charge in [0.15, 0.2) is 0 Å². The molecule has 1 fully saturated rings. The van der Waals surface area contributed by atoms with Crippen molar-refractivity contribution in [2.24, 2.45) is 5.41 Å². The fourth-order valence-electron chi connectivity index (χ4n) is 2.08. The van der Waals surface area contributed by atoms with Crippen LogP contribution in [0.5, 0.6) is 5.75 Å². The summed E-state index contributed by atoms with van der Waals surface area (Å²) in [5.41, 5.74) is 1.83. The van der Waals surface area contributed by atoms with Crippen LogP contribution >= 0.6 is 0 Å². The summed E-state index contributed by atoms with van der Waals surface area (Å²) < 4.78 is 0. The van der Waals surface area contributed by atoms with Crippen molar-refractivity contribution < 1.29 is 5.11 Å². The molecule has 1 aromatic rings. The Bertz CT molecular complexity index is 340. The van der Waals surface area contributed by atoms with Crippen molar-refractivity contribution in [2.75, 3.05) is 6.54 Å². The molecule has 2 nitrogen and oxygen atoms in total. The van der Waals surface area contributed by atoms with Crippen molar-refractivity contribution in [1.82, 2.24) is 5.32 Å². The van der Waals surface area contributed by atoms with Crippen molar-refractivity contribution >= 4 is 0 Å². The highest BCUT2D eigenvalue weighted by atomic mass is 16.3. The molecule has 1 aliphatic rings. The Morgan fingerprint density at radius 3 is 2.44 bits per heavy atom. The molecule has 2 N–H and O–H groups in total.